The van der Waals surface area contributed by atoms with Crippen LogP contribution in [0.2, 0.25) is 0 Å². The molecule has 0 bridgehead atoms. The van der Waals surface area contributed by atoms with Crippen LogP contribution in [0.15, 0.2) is 6.33 Å². The summed E-state index contributed by atoms with van der Waals surface area (Å²) in [6, 6.07) is 0.562. The van der Waals surface area contributed by atoms with Crippen LogP contribution in [0.5, 0.6) is 0 Å². The molecule has 2 unspecified atom stereocenters. The molecule has 112 valence electrons. The zero-order valence-corrected chi connectivity index (χ0v) is 13.6. The van der Waals surface area contributed by atoms with Crippen LogP contribution >= 0.6 is 11.8 Å². The zero-order chi connectivity index (χ0) is 14.4. The maximum Gasteiger partial charge on any atom is 0.134 e. The van der Waals surface area contributed by atoms with E-state index < -0.39 is 0 Å². The van der Waals surface area contributed by atoms with Gasteiger partial charge in [0.1, 0.15) is 18.0 Å². The van der Waals surface area contributed by atoms with Gasteiger partial charge in [0.2, 0.25) is 0 Å². The first-order valence-electron chi connectivity index (χ1n) is 7.65. The van der Waals surface area contributed by atoms with Gasteiger partial charge >= 0.3 is 0 Å². The topological polar surface area (TPSA) is 49.8 Å². The average Bonchev–Trinajstić information content (AvgIpc) is 2.93. The Morgan fingerprint density at radius 2 is 2.05 bits per heavy atom. The SMILES string of the molecule is CCCNc1ncnc(NC2CCC(SC)C2)c1CC. The summed E-state index contributed by atoms with van der Waals surface area (Å²) in [5.41, 5.74) is 1.22. The molecule has 1 heterocycles. The van der Waals surface area contributed by atoms with Gasteiger partial charge in [-0.2, -0.15) is 11.8 Å². The number of hydrogen-bond donors (Lipinski definition) is 2. The van der Waals surface area contributed by atoms with Crippen molar-refractivity contribution in [3.05, 3.63) is 11.9 Å². The first-order valence-corrected chi connectivity index (χ1v) is 8.94. The van der Waals surface area contributed by atoms with Crippen molar-refractivity contribution in [1.29, 1.82) is 0 Å². The number of anilines is 2. The van der Waals surface area contributed by atoms with Crippen molar-refractivity contribution in [1.82, 2.24) is 9.97 Å². The lowest BCUT2D eigenvalue weighted by molar-refractivity contribution is 0.748. The van der Waals surface area contributed by atoms with Crippen molar-refractivity contribution < 1.29 is 0 Å². The molecule has 0 aliphatic heterocycles. The van der Waals surface area contributed by atoms with Crippen LogP contribution < -0.4 is 10.6 Å². The lowest BCUT2D eigenvalue weighted by Gasteiger charge is -2.18. The normalized spacial score (nSPS) is 21.9. The Kier molecular flexibility index (Phi) is 5.95. The Morgan fingerprint density at radius 1 is 1.25 bits per heavy atom. The van der Waals surface area contributed by atoms with Crippen molar-refractivity contribution in [2.24, 2.45) is 0 Å². The van der Waals surface area contributed by atoms with Crippen LogP contribution in [0.4, 0.5) is 11.6 Å². The van der Waals surface area contributed by atoms with Crippen molar-refractivity contribution in [3.63, 3.8) is 0 Å². The Bertz CT molecular complexity index is 424. The fourth-order valence-electron chi connectivity index (χ4n) is 2.75. The highest BCUT2D eigenvalue weighted by atomic mass is 32.2. The van der Waals surface area contributed by atoms with E-state index in [1.807, 2.05) is 11.8 Å². The molecule has 4 nitrogen and oxygen atoms in total. The Balaban J connectivity index is 2.07. The molecule has 2 N–H and O–H groups in total. The van der Waals surface area contributed by atoms with E-state index in [1.54, 1.807) is 6.33 Å². The van der Waals surface area contributed by atoms with Gasteiger partial charge in [-0.1, -0.05) is 13.8 Å². The van der Waals surface area contributed by atoms with Gasteiger partial charge in [0.25, 0.3) is 0 Å². The Morgan fingerprint density at radius 3 is 2.70 bits per heavy atom. The third kappa shape index (κ3) is 3.78. The van der Waals surface area contributed by atoms with E-state index in [-0.39, 0.29) is 0 Å². The van der Waals surface area contributed by atoms with Gasteiger partial charge in [-0.05, 0) is 38.4 Å². The highest BCUT2D eigenvalue weighted by molar-refractivity contribution is 7.99. The van der Waals surface area contributed by atoms with Crippen LogP contribution in [0.25, 0.3) is 0 Å². The lowest BCUT2D eigenvalue weighted by atomic mass is 10.2. The van der Waals surface area contributed by atoms with Gasteiger partial charge in [0.15, 0.2) is 0 Å². The molecule has 5 heteroatoms. The molecule has 0 saturated heterocycles. The molecule has 1 saturated carbocycles. The molecule has 0 radical (unpaired) electrons. The summed E-state index contributed by atoms with van der Waals surface area (Å²) < 4.78 is 0. The summed E-state index contributed by atoms with van der Waals surface area (Å²) in [6.45, 7) is 5.29. The largest absolute Gasteiger partial charge is 0.370 e. The highest BCUT2D eigenvalue weighted by Crippen LogP contribution is 2.31. The molecule has 1 aromatic rings. The zero-order valence-electron chi connectivity index (χ0n) is 12.8. The Hall–Kier alpha value is -0.970. The number of hydrogen-bond acceptors (Lipinski definition) is 5. The first kappa shape index (κ1) is 15.4. The lowest BCUT2D eigenvalue weighted by Crippen LogP contribution is -2.19. The predicted octanol–water partition coefficient (Wildman–Crippen LogP) is 3.56. The predicted molar refractivity (Wildman–Crippen MR) is 88.8 cm³/mol. The van der Waals surface area contributed by atoms with Crippen molar-refractivity contribution in [2.45, 2.75) is 57.2 Å². The maximum absolute atomic E-state index is 4.46. The van der Waals surface area contributed by atoms with Crippen LogP contribution in [-0.2, 0) is 6.42 Å². The van der Waals surface area contributed by atoms with Crippen LogP contribution in [0.3, 0.4) is 0 Å². The molecule has 1 aliphatic carbocycles. The summed E-state index contributed by atoms with van der Waals surface area (Å²) in [6.07, 6.45) is 9.74. The van der Waals surface area contributed by atoms with E-state index >= 15 is 0 Å². The molecule has 1 fully saturated rings. The van der Waals surface area contributed by atoms with E-state index in [0.29, 0.717) is 6.04 Å². The van der Waals surface area contributed by atoms with Gasteiger partial charge in [0, 0.05) is 23.4 Å². The van der Waals surface area contributed by atoms with E-state index in [4.69, 9.17) is 0 Å². The summed E-state index contributed by atoms with van der Waals surface area (Å²) in [7, 11) is 0. The van der Waals surface area contributed by atoms with E-state index in [0.717, 1.165) is 36.3 Å². The van der Waals surface area contributed by atoms with E-state index in [2.05, 4.69) is 40.7 Å². The number of aromatic nitrogens is 2. The van der Waals surface area contributed by atoms with Crippen molar-refractivity contribution >= 4 is 23.4 Å². The first-order chi connectivity index (χ1) is 9.78. The van der Waals surface area contributed by atoms with Gasteiger partial charge in [-0.3, -0.25) is 0 Å². The molecule has 2 rings (SSSR count). The van der Waals surface area contributed by atoms with Crippen LogP contribution in [0, 0.1) is 0 Å². The molecular formula is C15H26N4S. The minimum atomic E-state index is 0.562. The van der Waals surface area contributed by atoms with Crippen LogP contribution in [-0.4, -0.2) is 34.1 Å². The maximum atomic E-state index is 4.46. The third-order valence-electron chi connectivity index (χ3n) is 3.90. The quantitative estimate of drug-likeness (QED) is 0.805. The summed E-state index contributed by atoms with van der Waals surface area (Å²) >= 11 is 1.99. The van der Waals surface area contributed by atoms with Crippen molar-refractivity contribution in [2.75, 3.05) is 23.4 Å². The molecule has 0 aromatic carbocycles. The molecular weight excluding hydrogens is 268 g/mol. The minimum absolute atomic E-state index is 0.562. The van der Waals surface area contributed by atoms with Gasteiger partial charge < -0.3 is 10.6 Å². The van der Waals surface area contributed by atoms with Crippen molar-refractivity contribution in [3.8, 4) is 0 Å². The monoisotopic (exact) mass is 294 g/mol. The summed E-state index contributed by atoms with van der Waals surface area (Å²) in [4.78, 5) is 8.85. The third-order valence-corrected chi connectivity index (χ3v) is 4.99. The second-order valence-electron chi connectivity index (χ2n) is 5.34. The number of nitrogens with zero attached hydrogens (tertiary/aromatic N) is 2. The number of nitrogens with one attached hydrogen (secondary N) is 2. The second-order valence-corrected chi connectivity index (χ2v) is 6.48. The van der Waals surface area contributed by atoms with Gasteiger partial charge in [-0.25, -0.2) is 9.97 Å². The smallest absolute Gasteiger partial charge is 0.134 e. The average molecular weight is 294 g/mol. The molecule has 0 spiro atoms. The number of rotatable bonds is 7. The summed E-state index contributed by atoms with van der Waals surface area (Å²) in [5, 5.41) is 7.84. The fourth-order valence-corrected chi connectivity index (χ4v) is 3.54. The molecule has 1 aliphatic rings. The molecule has 2 atom stereocenters. The van der Waals surface area contributed by atoms with E-state index in [1.165, 1.54) is 24.8 Å². The fraction of sp³-hybridized carbons (Fsp3) is 0.733. The van der Waals surface area contributed by atoms with E-state index in [9.17, 15) is 0 Å². The minimum Gasteiger partial charge on any atom is -0.370 e. The molecule has 1 aromatic heterocycles. The highest BCUT2D eigenvalue weighted by Gasteiger charge is 2.25. The standard InChI is InChI=1S/C15H26N4S/c1-4-8-16-14-13(5-2)15(18-10-17-14)19-11-6-7-12(9-11)20-3/h10-12H,4-9H2,1-3H3,(H2,16,17,18,19). The number of thioether (sulfide) groups is 1. The second kappa shape index (κ2) is 7.72. The molecule has 20 heavy (non-hydrogen) atoms. The Labute approximate surface area is 126 Å². The van der Waals surface area contributed by atoms with Gasteiger partial charge in [0.05, 0.1) is 0 Å². The van der Waals surface area contributed by atoms with Gasteiger partial charge in [-0.15, -0.1) is 0 Å². The van der Waals surface area contributed by atoms with Crippen LogP contribution in [0.1, 0.15) is 45.1 Å². The summed E-state index contributed by atoms with van der Waals surface area (Å²) in [5.74, 6) is 2.01. The molecule has 0 amide bonds.